The number of carbonyl (C=O) groups is 1. The van der Waals surface area contributed by atoms with E-state index in [9.17, 15) is 79.9 Å². The lowest BCUT2D eigenvalue weighted by atomic mass is 10.1. The lowest BCUT2D eigenvalue weighted by Crippen LogP contribution is -2.31. The van der Waals surface area contributed by atoms with Crippen molar-refractivity contribution in [2.24, 2.45) is 5.73 Å². The number of halogens is 15. The van der Waals surface area contributed by atoms with Crippen molar-refractivity contribution in [3.8, 4) is 0 Å². The van der Waals surface area contributed by atoms with Gasteiger partial charge in [-0.2, -0.15) is 91.0 Å². The normalized spacial score (nSPS) is 13.5. The number of sulfone groups is 1. The number of aromatic nitrogens is 1. The van der Waals surface area contributed by atoms with Crippen LogP contribution >= 0.6 is 176 Å². The van der Waals surface area contributed by atoms with Crippen LogP contribution in [0.5, 0.6) is 0 Å². The third-order valence-corrected chi connectivity index (χ3v) is 32.3. The number of thioether (sulfide) groups is 5. The van der Waals surface area contributed by atoms with Gasteiger partial charge in [-0.05, 0) is 137 Å². The molecule has 1 saturated heterocycles. The van der Waals surface area contributed by atoms with Crippen LogP contribution in [0.2, 0.25) is 0 Å². The first-order valence-corrected chi connectivity index (χ1v) is 55.3. The quantitative estimate of drug-likeness (QED) is 0.00978. The van der Waals surface area contributed by atoms with Gasteiger partial charge in [0.2, 0.25) is 5.91 Å². The van der Waals surface area contributed by atoms with Crippen molar-refractivity contribution in [1.29, 1.82) is 0 Å². The molecule has 1 aliphatic rings. The fourth-order valence-electron chi connectivity index (χ4n) is 10.7. The topological polar surface area (TPSA) is 381 Å². The van der Waals surface area contributed by atoms with Gasteiger partial charge in [-0.3, -0.25) is 32.6 Å². The number of alkyl halides is 10. The SMILES string of the molecule is CCCCCCSCc1ccc(C(F)(F)P(=O)(O)O)c(Br)c1.NC(=O)CSCc1ccc(C(F)(F)P(=O)(O)O)c(Br)c1.O=P(O)(O)C(F)(F)c1ccc(CSCCN2CCCCC2)cc1Br.O=P(O)(O)C(F)(F)c1ccc(CSCc2ccccc2CS(=O)(=O)c2ccccc2)cc1Br.O=P(O)(O)C(F)(F)c1ccc(CSCc2ccncc2)cc1Br. The molecule has 0 spiro atoms. The van der Waals surface area contributed by atoms with E-state index < -0.39 is 110 Å². The summed E-state index contributed by atoms with van der Waals surface area (Å²) in [6.45, 7) is 5.48. The van der Waals surface area contributed by atoms with Crippen LogP contribution < -0.4 is 5.73 Å². The smallest absolute Gasteiger partial charge is 0.369 e. The molecule has 0 radical (unpaired) electrons. The Balaban J connectivity index is 0.000000274. The average molecular weight is 2250 g/mol. The van der Waals surface area contributed by atoms with Crippen LogP contribution in [-0.2, 0) is 112 Å². The number of likely N-dealkylation sites (tertiary alicyclic amines) is 1. The van der Waals surface area contributed by atoms with E-state index in [4.69, 9.17) is 54.7 Å². The lowest BCUT2D eigenvalue weighted by molar-refractivity contribution is -0.115. The second-order valence-corrected chi connectivity index (χ2v) is 46.4. The van der Waals surface area contributed by atoms with Crippen LogP contribution in [0.1, 0.15) is 124 Å². The molecule has 12 N–H and O–H groups in total. The van der Waals surface area contributed by atoms with Gasteiger partial charge in [0.1, 0.15) is 0 Å². The van der Waals surface area contributed by atoms with E-state index in [1.54, 1.807) is 90.1 Å². The molecule has 122 heavy (non-hydrogen) atoms. The predicted octanol–water partition coefficient (Wildman–Crippen LogP) is 22.9. The molecule has 2 heterocycles. The molecule has 8 aromatic rings. The Hall–Kier alpha value is -2.73. The molecule has 1 aromatic heterocycles. The third kappa shape index (κ3) is 33.9. The summed E-state index contributed by atoms with van der Waals surface area (Å²) in [4.78, 5) is 105. The number of piperidine rings is 1. The number of hydrogen-bond donors (Lipinski definition) is 11. The Labute approximate surface area is 762 Å². The first-order chi connectivity index (χ1) is 56.6. The zero-order chi connectivity index (χ0) is 91.5. The zero-order valence-corrected chi connectivity index (χ0v) is 81.4. The van der Waals surface area contributed by atoms with Gasteiger partial charge in [0.05, 0.1) is 16.4 Å². The fraction of sp³-hybridized carbons (Fsp3) is 0.360. The molecular weight excluding hydrogens is 2170 g/mol. The minimum absolute atomic E-state index is 0.0184. The van der Waals surface area contributed by atoms with Crippen molar-refractivity contribution >= 4 is 192 Å². The number of nitrogens with two attached hydrogens (primary N) is 1. The molecule has 1 aliphatic heterocycles. The number of rotatable bonds is 37. The van der Waals surface area contributed by atoms with Gasteiger partial charge in [-0.15, -0.1) is 11.8 Å². The van der Waals surface area contributed by atoms with Gasteiger partial charge >= 0.3 is 66.3 Å². The van der Waals surface area contributed by atoms with Gasteiger partial charge < -0.3 is 59.6 Å². The van der Waals surface area contributed by atoms with Crippen LogP contribution in [0.25, 0.3) is 0 Å². The molecule has 0 atom stereocenters. The first kappa shape index (κ1) is 110. The highest BCUT2D eigenvalue weighted by Crippen LogP contribution is 2.64. The number of carbonyl (C=O) groups excluding carboxylic acids is 1. The molecule has 1 fully saturated rings. The molecule has 0 aliphatic carbocycles. The van der Waals surface area contributed by atoms with Crippen molar-refractivity contribution in [2.45, 2.75) is 131 Å². The number of primary amides is 1. The fourth-order valence-corrected chi connectivity index (χ4v) is 23.4. The maximum absolute atomic E-state index is 14.0. The number of benzene rings is 7. The van der Waals surface area contributed by atoms with E-state index in [1.165, 1.54) is 123 Å². The highest BCUT2D eigenvalue weighted by molar-refractivity contribution is 9.11. The maximum atomic E-state index is 14.0. The minimum Gasteiger partial charge on any atom is -0.369 e. The predicted molar refractivity (Wildman–Crippen MR) is 481 cm³/mol. The first-order valence-electron chi connectivity index (χ1n) is 35.8. The minimum atomic E-state index is -5.66. The van der Waals surface area contributed by atoms with Crippen molar-refractivity contribution in [3.05, 3.63) is 265 Å². The maximum Gasteiger partial charge on any atom is 0.399 e. The summed E-state index contributed by atoms with van der Waals surface area (Å²) in [5.41, 5.74) is -13.4. The lowest BCUT2D eigenvalue weighted by Gasteiger charge is -2.26. The Kier molecular flexibility index (Phi) is 44.5. The van der Waals surface area contributed by atoms with Crippen LogP contribution in [0, 0.1) is 0 Å². The Morgan fingerprint density at radius 1 is 0.410 bits per heavy atom. The van der Waals surface area contributed by atoms with E-state index in [-0.39, 0.29) is 38.8 Å². The van der Waals surface area contributed by atoms with Crippen LogP contribution in [0.15, 0.2) is 197 Å². The number of hydrogen-bond acceptors (Lipinski definition) is 15. The molecule has 47 heteroatoms. The van der Waals surface area contributed by atoms with Gasteiger partial charge in [-0.1, -0.05) is 215 Å². The molecule has 7 aromatic carbocycles. The summed E-state index contributed by atoms with van der Waals surface area (Å²) in [7, 11) is -31.4. The molecule has 1 amide bonds. The second kappa shape index (κ2) is 49.5. The number of unbranched alkanes of at least 4 members (excludes halogenated alkanes) is 3. The third-order valence-electron chi connectivity index (χ3n) is 17.2. The standard InChI is InChI=1S/C22H20BrF2O5PS2.C15H21BrF2NO3PS.C14H13BrF2NO3PS.C14H20BrF2O3PS.C10H11BrF2NO4PS/c23-21-12-16(10-11-20(21)22(24,25)31(26,27)28)13-32-14-17-6-4-5-7-18(17)15-33(29,30)19-8-2-1-3-9-19;16-14-10-12(4-5-13(14)15(17,18)23(20,21)22)11-24-9-8-19-6-2-1-3-7-19;15-13-7-11(9-23-8-10-3-5-18-6-4-10)1-2-12(13)14(16,17)22(19,20)21;1-2-3-4-5-8-22-10-11-6-7-12(13(15)9-11)14(16,17)21(18,19)20;11-8-3-6(4-20-5-9(14)15)1-2-7(8)10(12,13)19(16,17)18/h1-12H,13-15H2,(H2,26,27,28);4-5,10H,1-3,6-9,11H2,(H2,20,21,22);1-7H,8-9H2,(H2,19,20,21);6-7,9H,2-5,8,10H2,1H3,(H2,18,19,20);1-3H,4-5H2,(H2,14,15)(H2,16,17,18). The van der Waals surface area contributed by atoms with E-state index in [0.29, 0.717) is 51.2 Å². The summed E-state index contributed by atoms with van der Waals surface area (Å²) in [5.74, 6) is 5.45. The number of pyridine rings is 1. The van der Waals surface area contributed by atoms with Crippen molar-refractivity contribution in [3.63, 3.8) is 0 Å². The second-order valence-electron chi connectivity index (χ2n) is 26.7. The zero-order valence-electron chi connectivity index (χ0n) is 64.1. The largest absolute Gasteiger partial charge is 0.399 e. The van der Waals surface area contributed by atoms with Gasteiger partial charge in [0.25, 0.3) is 0 Å². The highest BCUT2D eigenvalue weighted by atomic mass is 79.9. The Bertz CT molecular complexity index is 5140. The van der Waals surface area contributed by atoms with Gasteiger partial charge in [-0.25, -0.2) is 8.42 Å². The van der Waals surface area contributed by atoms with Crippen molar-refractivity contribution in [2.75, 3.05) is 36.9 Å². The molecule has 0 bridgehead atoms. The summed E-state index contributed by atoms with van der Waals surface area (Å²) in [6.07, 6.45) is 12.0. The molecule has 0 saturated carbocycles. The van der Waals surface area contributed by atoms with Crippen molar-refractivity contribution < 1.29 is 129 Å². The molecule has 0 unspecified atom stereocenters. The van der Waals surface area contributed by atoms with Crippen LogP contribution in [0.4, 0.5) is 43.9 Å². The van der Waals surface area contributed by atoms with Crippen LogP contribution in [-0.4, -0.2) is 110 Å². The molecule has 21 nitrogen and oxygen atoms in total. The van der Waals surface area contributed by atoms with Crippen LogP contribution in [0.3, 0.4) is 0 Å². The van der Waals surface area contributed by atoms with Crippen molar-refractivity contribution in [1.82, 2.24) is 9.88 Å². The van der Waals surface area contributed by atoms with Gasteiger partial charge in [0, 0.05) is 115 Å². The van der Waals surface area contributed by atoms with Gasteiger partial charge in [0.15, 0.2) is 9.84 Å². The van der Waals surface area contributed by atoms with E-state index in [1.807, 2.05) is 24.3 Å². The Morgan fingerprint density at radius 3 is 1.07 bits per heavy atom. The summed E-state index contributed by atoms with van der Waals surface area (Å²) >= 11 is 22.5. The highest BCUT2D eigenvalue weighted by Gasteiger charge is 2.55. The monoisotopic (exact) mass is 2250 g/mol. The van der Waals surface area contributed by atoms with E-state index in [0.717, 1.165) is 101 Å². The van der Waals surface area contributed by atoms with E-state index in [2.05, 4.69) is 96.5 Å². The Morgan fingerprint density at radius 2 is 0.730 bits per heavy atom. The molecule has 9 rings (SSSR count). The summed E-state index contributed by atoms with van der Waals surface area (Å²) < 4.78 is 217. The summed E-state index contributed by atoms with van der Waals surface area (Å²) in [5, 5.41) is 0. The average Bonchev–Trinajstić information content (AvgIpc) is 0.844. The van der Waals surface area contributed by atoms with E-state index >= 15 is 0 Å². The molecular formula is C75H85Br5F10N3O18P5S6. The summed E-state index contributed by atoms with van der Waals surface area (Å²) in [6, 6.07) is 38.7. The number of amides is 1. The molecule has 674 valence electrons. The number of nitrogens with zero attached hydrogens (tertiary/aromatic N) is 2.